The van der Waals surface area contributed by atoms with Crippen molar-refractivity contribution < 1.29 is 4.79 Å². The molecule has 2 aliphatic rings. The molecule has 1 aromatic rings. The summed E-state index contributed by atoms with van der Waals surface area (Å²) >= 11 is 0. The van der Waals surface area contributed by atoms with Crippen LogP contribution in [0.15, 0.2) is 30.3 Å². The lowest BCUT2D eigenvalue weighted by atomic mass is 9.88. The molecule has 1 amide bonds. The molecule has 0 spiro atoms. The highest BCUT2D eigenvalue weighted by Crippen LogP contribution is 2.29. The van der Waals surface area contributed by atoms with Crippen LogP contribution in [0.25, 0.3) is 0 Å². The van der Waals surface area contributed by atoms with Crippen LogP contribution in [0.4, 0.5) is 0 Å². The van der Waals surface area contributed by atoms with E-state index in [-0.39, 0.29) is 5.91 Å². The Labute approximate surface area is 134 Å². The lowest BCUT2D eigenvalue weighted by molar-refractivity contribution is -0.133. The number of hydrogen-bond donors (Lipinski definition) is 0. The predicted molar refractivity (Wildman–Crippen MR) is 89.8 cm³/mol. The molecule has 1 aliphatic carbocycles. The molecule has 120 valence electrons. The summed E-state index contributed by atoms with van der Waals surface area (Å²) in [5, 5.41) is 0. The van der Waals surface area contributed by atoms with Gasteiger partial charge in [-0.3, -0.25) is 9.69 Å². The third kappa shape index (κ3) is 3.52. The molecule has 3 heteroatoms. The van der Waals surface area contributed by atoms with Gasteiger partial charge in [-0.1, -0.05) is 43.2 Å². The summed E-state index contributed by atoms with van der Waals surface area (Å²) in [6.07, 6.45) is 8.18. The van der Waals surface area contributed by atoms with Gasteiger partial charge in [0.05, 0.1) is 6.42 Å². The predicted octanol–water partition coefficient (Wildman–Crippen LogP) is 3.09. The number of carbonyl (C=O) groups is 1. The normalized spacial score (nSPS) is 26.0. The molecule has 1 saturated carbocycles. The molecule has 2 fully saturated rings. The monoisotopic (exact) mass is 300 g/mol. The maximum atomic E-state index is 12.7. The van der Waals surface area contributed by atoms with Crippen molar-refractivity contribution in [3.8, 4) is 0 Å². The van der Waals surface area contributed by atoms with E-state index >= 15 is 0 Å². The van der Waals surface area contributed by atoms with Crippen LogP contribution in [0.1, 0.15) is 44.1 Å². The lowest BCUT2D eigenvalue weighted by Gasteiger charge is -2.42. The van der Waals surface area contributed by atoms with Gasteiger partial charge in [-0.2, -0.15) is 0 Å². The zero-order chi connectivity index (χ0) is 15.4. The minimum absolute atomic E-state index is 0.266. The number of benzene rings is 1. The lowest BCUT2D eigenvalue weighted by Crippen LogP contribution is -2.53. The number of rotatable bonds is 4. The number of amides is 1. The highest BCUT2D eigenvalue weighted by atomic mass is 16.2. The summed E-state index contributed by atoms with van der Waals surface area (Å²) < 4.78 is 0. The molecule has 2 atom stereocenters. The summed E-state index contributed by atoms with van der Waals surface area (Å²) in [5.74, 6) is 0.266. The molecule has 0 unspecified atom stereocenters. The number of likely N-dealkylation sites (N-methyl/N-ethyl adjacent to an activating group) is 1. The van der Waals surface area contributed by atoms with Crippen molar-refractivity contribution in [1.29, 1.82) is 0 Å². The van der Waals surface area contributed by atoms with Crippen LogP contribution in [-0.2, 0) is 11.2 Å². The second-order valence-corrected chi connectivity index (χ2v) is 6.83. The third-order valence-electron chi connectivity index (χ3n) is 5.39. The van der Waals surface area contributed by atoms with E-state index in [1.165, 1.54) is 45.2 Å². The highest BCUT2D eigenvalue weighted by Gasteiger charge is 2.35. The Balaban J connectivity index is 1.65. The smallest absolute Gasteiger partial charge is 0.227 e. The van der Waals surface area contributed by atoms with Crippen molar-refractivity contribution in [2.24, 2.45) is 0 Å². The Hall–Kier alpha value is -1.35. The number of nitrogens with zero attached hydrogens (tertiary/aromatic N) is 2. The maximum Gasteiger partial charge on any atom is 0.227 e. The molecule has 0 bridgehead atoms. The van der Waals surface area contributed by atoms with Gasteiger partial charge in [-0.25, -0.2) is 0 Å². The van der Waals surface area contributed by atoms with Gasteiger partial charge in [0, 0.05) is 19.1 Å². The van der Waals surface area contributed by atoms with Crippen molar-refractivity contribution in [2.45, 2.75) is 57.0 Å². The van der Waals surface area contributed by atoms with Crippen molar-refractivity contribution in [3.05, 3.63) is 35.9 Å². The van der Waals surface area contributed by atoms with Crippen molar-refractivity contribution in [2.75, 3.05) is 20.1 Å². The first-order chi connectivity index (χ1) is 10.8. The maximum absolute atomic E-state index is 12.7. The Morgan fingerprint density at radius 3 is 2.50 bits per heavy atom. The highest BCUT2D eigenvalue weighted by molar-refractivity contribution is 5.78. The summed E-state index contributed by atoms with van der Waals surface area (Å²) in [5.41, 5.74) is 1.12. The van der Waals surface area contributed by atoms with Crippen molar-refractivity contribution >= 4 is 5.91 Å². The van der Waals surface area contributed by atoms with Gasteiger partial charge in [-0.05, 0) is 44.3 Å². The van der Waals surface area contributed by atoms with Crippen LogP contribution in [0.3, 0.4) is 0 Å². The molecule has 22 heavy (non-hydrogen) atoms. The minimum atomic E-state index is 0.266. The Bertz CT molecular complexity index is 481. The van der Waals surface area contributed by atoms with Gasteiger partial charge in [0.2, 0.25) is 5.91 Å². The zero-order valence-corrected chi connectivity index (χ0v) is 13.7. The van der Waals surface area contributed by atoms with Crippen LogP contribution in [0.5, 0.6) is 0 Å². The Kier molecular flexibility index (Phi) is 5.14. The van der Waals surface area contributed by atoms with E-state index in [1.54, 1.807) is 0 Å². The van der Waals surface area contributed by atoms with Gasteiger partial charge in [0.25, 0.3) is 0 Å². The van der Waals surface area contributed by atoms with E-state index < -0.39 is 0 Å². The second kappa shape index (κ2) is 7.28. The minimum Gasteiger partial charge on any atom is -0.341 e. The van der Waals surface area contributed by atoms with E-state index in [0.29, 0.717) is 18.5 Å². The standard InChI is InChI=1S/C19H28N2O/c1-20(19(22)15-16-9-3-2-4-10-16)17-11-5-6-12-18(17)21-13-7-8-14-21/h2-4,9-10,17-18H,5-8,11-15H2,1H3/t17-,18-/m0/s1. The molecule has 3 nitrogen and oxygen atoms in total. The van der Waals surface area contributed by atoms with E-state index in [1.807, 2.05) is 37.4 Å². The topological polar surface area (TPSA) is 23.6 Å². The summed E-state index contributed by atoms with van der Waals surface area (Å²) in [7, 11) is 2.02. The molecule has 3 rings (SSSR count). The first-order valence-electron chi connectivity index (χ1n) is 8.79. The molecular formula is C19H28N2O. The first kappa shape index (κ1) is 15.5. The number of likely N-dealkylation sites (tertiary alicyclic amines) is 1. The van der Waals surface area contributed by atoms with Gasteiger partial charge in [-0.15, -0.1) is 0 Å². The molecule has 1 aliphatic heterocycles. The Morgan fingerprint density at radius 1 is 1.09 bits per heavy atom. The van der Waals surface area contributed by atoms with Crippen LogP contribution in [-0.4, -0.2) is 47.9 Å². The summed E-state index contributed by atoms with van der Waals surface area (Å²) in [6, 6.07) is 11.1. The van der Waals surface area contributed by atoms with Crippen LogP contribution < -0.4 is 0 Å². The molecular weight excluding hydrogens is 272 g/mol. The molecule has 0 N–H and O–H groups in total. The van der Waals surface area contributed by atoms with Crippen molar-refractivity contribution in [1.82, 2.24) is 9.80 Å². The molecule has 1 heterocycles. The Morgan fingerprint density at radius 2 is 1.77 bits per heavy atom. The van der Waals surface area contributed by atoms with E-state index in [9.17, 15) is 4.79 Å². The summed E-state index contributed by atoms with van der Waals surface area (Å²) in [6.45, 7) is 2.45. The first-order valence-corrected chi connectivity index (χ1v) is 8.79. The van der Waals surface area contributed by atoms with Gasteiger partial charge in [0.15, 0.2) is 0 Å². The fourth-order valence-corrected chi connectivity index (χ4v) is 4.12. The quantitative estimate of drug-likeness (QED) is 0.853. The third-order valence-corrected chi connectivity index (χ3v) is 5.39. The molecule has 0 aromatic heterocycles. The van der Waals surface area contributed by atoms with Crippen LogP contribution in [0, 0.1) is 0 Å². The fraction of sp³-hybridized carbons (Fsp3) is 0.632. The van der Waals surface area contributed by atoms with E-state index in [4.69, 9.17) is 0 Å². The van der Waals surface area contributed by atoms with Gasteiger partial charge in [0.1, 0.15) is 0 Å². The second-order valence-electron chi connectivity index (χ2n) is 6.83. The fourth-order valence-electron chi connectivity index (χ4n) is 4.12. The molecule has 1 aromatic carbocycles. The average Bonchev–Trinajstić information content (AvgIpc) is 3.09. The molecule has 0 radical (unpaired) electrons. The largest absolute Gasteiger partial charge is 0.341 e. The average molecular weight is 300 g/mol. The van der Waals surface area contributed by atoms with Gasteiger partial charge >= 0.3 is 0 Å². The summed E-state index contributed by atoms with van der Waals surface area (Å²) in [4.78, 5) is 17.4. The number of carbonyl (C=O) groups excluding carboxylic acids is 1. The van der Waals surface area contributed by atoms with Gasteiger partial charge < -0.3 is 4.90 Å². The SMILES string of the molecule is CN(C(=O)Cc1ccccc1)[C@H]1CCCC[C@@H]1N1CCCC1. The zero-order valence-electron chi connectivity index (χ0n) is 13.7. The number of hydrogen-bond acceptors (Lipinski definition) is 2. The van der Waals surface area contributed by atoms with Crippen LogP contribution in [0.2, 0.25) is 0 Å². The molecule has 1 saturated heterocycles. The van der Waals surface area contributed by atoms with Crippen LogP contribution >= 0.6 is 0 Å². The van der Waals surface area contributed by atoms with Crippen molar-refractivity contribution in [3.63, 3.8) is 0 Å². The van der Waals surface area contributed by atoms with E-state index in [0.717, 1.165) is 12.0 Å². The van der Waals surface area contributed by atoms with E-state index in [2.05, 4.69) is 9.80 Å².